The number of rotatable bonds is 3. The van der Waals surface area contributed by atoms with E-state index in [0.29, 0.717) is 12.5 Å². The molecule has 0 aliphatic heterocycles. The molecule has 1 heterocycles. The standard InChI is InChI=1S/C14H16N2/c1-4-9-16-13-8-6-5-7-12(13)15-14(16)10-11(2)3/h1,5-8,11H,9-10H2,2-3H3. The van der Waals surface area contributed by atoms with Gasteiger partial charge >= 0.3 is 0 Å². The van der Waals surface area contributed by atoms with Crippen LogP contribution in [0.2, 0.25) is 0 Å². The maximum absolute atomic E-state index is 5.41. The SMILES string of the molecule is C#CCn1c(CC(C)C)nc2ccccc21. The molecular formula is C14H16N2. The summed E-state index contributed by atoms with van der Waals surface area (Å²) in [7, 11) is 0. The Morgan fingerprint density at radius 2 is 2.12 bits per heavy atom. The number of aromatic nitrogens is 2. The van der Waals surface area contributed by atoms with Gasteiger partial charge in [-0.3, -0.25) is 0 Å². The van der Waals surface area contributed by atoms with Crippen molar-refractivity contribution < 1.29 is 0 Å². The summed E-state index contributed by atoms with van der Waals surface area (Å²) in [5.41, 5.74) is 2.17. The van der Waals surface area contributed by atoms with Crippen molar-refractivity contribution in [2.24, 2.45) is 5.92 Å². The van der Waals surface area contributed by atoms with E-state index in [1.165, 1.54) is 0 Å². The molecule has 1 aromatic carbocycles. The van der Waals surface area contributed by atoms with Crippen LogP contribution in [-0.4, -0.2) is 9.55 Å². The molecule has 0 fully saturated rings. The third-order valence-electron chi connectivity index (χ3n) is 2.57. The van der Waals surface area contributed by atoms with Crippen LogP contribution in [0.15, 0.2) is 24.3 Å². The second-order valence-corrected chi connectivity index (χ2v) is 4.40. The molecular weight excluding hydrogens is 196 g/mol. The Morgan fingerprint density at radius 1 is 1.38 bits per heavy atom. The molecule has 1 aromatic heterocycles. The molecule has 0 N–H and O–H groups in total. The first-order valence-corrected chi connectivity index (χ1v) is 5.60. The lowest BCUT2D eigenvalue weighted by molar-refractivity contribution is 0.599. The van der Waals surface area contributed by atoms with Gasteiger partial charge in [-0.2, -0.15) is 0 Å². The van der Waals surface area contributed by atoms with E-state index in [1.54, 1.807) is 0 Å². The Kier molecular flexibility index (Phi) is 2.96. The van der Waals surface area contributed by atoms with Crippen LogP contribution in [0.25, 0.3) is 11.0 Å². The minimum Gasteiger partial charge on any atom is -0.316 e. The zero-order chi connectivity index (χ0) is 11.5. The van der Waals surface area contributed by atoms with E-state index in [9.17, 15) is 0 Å². The predicted octanol–water partition coefficient (Wildman–Crippen LogP) is 2.87. The normalized spacial score (nSPS) is 10.9. The number of fused-ring (bicyclic) bond motifs is 1. The van der Waals surface area contributed by atoms with Crippen LogP contribution in [0.1, 0.15) is 19.7 Å². The van der Waals surface area contributed by atoms with Crippen LogP contribution in [-0.2, 0) is 13.0 Å². The van der Waals surface area contributed by atoms with Gasteiger partial charge in [-0.1, -0.05) is 31.9 Å². The van der Waals surface area contributed by atoms with E-state index in [4.69, 9.17) is 6.42 Å². The second-order valence-electron chi connectivity index (χ2n) is 4.40. The van der Waals surface area contributed by atoms with Crippen molar-refractivity contribution in [1.29, 1.82) is 0 Å². The van der Waals surface area contributed by atoms with Gasteiger partial charge in [-0.15, -0.1) is 6.42 Å². The molecule has 16 heavy (non-hydrogen) atoms. The van der Waals surface area contributed by atoms with E-state index in [2.05, 4.69) is 35.4 Å². The number of terminal acetylenes is 1. The van der Waals surface area contributed by atoms with Crippen molar-refractivity contribution in [3.8, 4) is 12.3 Å². The van der Waals surface area contributed by atoms with Gasteiger partial charge in [0.1, 0.15) is 5.82 Å². The van der Waals surface area contributed by atoms with E-state index >= 15 is 0 Å². The Morgan fingerprint density at radius 3 is 2.81 bits per heavy atom. The minimum absolute atomic E-state index is 0.591. The number of imidazole rings is 1. The van der Waals surface area contributed by atoms with Crippen LogP contribution in [0.3, 0.4) is 0 Å². The van der Waals surface area contributed by atoms with E-state index in [0.717, 1.165) is 23.3 Å². The van der Waals surface area contributed by atoms with Gasteiger partial charge in [-0.05, 0) is 18.1 Å². The van der Waals surface area contributed by atoms with Crippen molar-refractivity contribution in [3.05, 3.63) is 30.1 Å². The highest BCUT2D eigenvalue weighted by atomic mass is 15.1. The van der Waals surface area contributed by atoms with E-state index in [-0.39, 0.29) is 0 Å². The van der Waals surface area contributed by atoms with E-state index in [1.807, 2.05) is 18.2 Å². The largest absolute Gasteiger partial charge is 0.316 e. The Labute approximate surface area is 96.3 Å². The van der Waals surface area contributed by atoms with Gasteiger partial charge in [0.25, 0.3) is 0 Å². The molecule has 0 aliphatic carbocycles. The smallest absolute Gasteiger partial charge is 0.110 e. The maximum atomic E-state index is 5.41. The molecule has 0 amide bonds. The number of benzene rings is 1. The topological polar surface area (TPSA) is 17.8 Å². The van der Waals surface area contributed by atoms with Crippen LogP contribution in [0.4, 0.5) is 0 Å². The summed E-state index contributed by atoms with van der Waals surface area (Å²) in [5, 5.41) is 0. The zero-order valence-corrected chi connectivity index (χ0v) is 9.77. The first-order chi connectivity index (χ1) is 7.72. The minimum atomic E-state index is 0.591. The van der Waals surface area contributed by atoms with Crippen molar-refractivity contribution in [2.45, 2.75) is 26.8 Å². The lowest BCUT2D eigenvalue weighted by atomic mass is 10.1. The lowest BCUT2D eigenvalue weighted by Gasteiger charge is -2.07. The molecule has 0 radical (unpaired) electrons. The monoisotopic (exact) mass is 212 g/mol. The van der Waals surface area contributed by atoms with Crippen LogP contribution in [0, 0.1) is 18.3 Å². The summed E-state index contributed by atoms with van der Waals surface area (Å²) < 4.78 is 2.13. The van der Waals surface area contributed by atoms with Gasteiger partial charge in [-0.25, -0.2) is 4.98 Å². The van der Waals surface area contributed by atoms with E-state index < -0.39 is 0 Å². The van der Waals surface area contributed by atoms with Gasteiger partial charge in [0, 0.05) is 6.42 Å². The van der Waals surface area contributed by atoms with Gasteiger partial charge in [0.15, 0.2) is 0 Å². The fraction of sp³-hybridized carbons (Fsp3) is 0.357. The second kappa shape index (κ2) is 4.40. The zero-order valence-electron chi connectivity index (χ0n) is 9.77. The Hall–Kier alpha value is -1.75. The third kappa shape index (κ3) is 1.94. The Bertz CT molecular complexity index is 529. The summed E-state index contributed by atoms with van der Waals surface area (Å²) in [6.45, 7) is 4.99. The Balaban J connectivity index is 2.54. The third-order valence-corrected chi connectivity index (χ3v) is 2.57. The van der Waals surface area contributed by atoms with Crippen molar-refractivity contribution in [1.82, 2.24) is 9.55 Å². The fourth-order valence-electron chi connectivity index (χ4n) is 1.91. The molecule has 0 bridgehead atoms. The lowest BCUT2D eigenvalue weighted by Crippen LogP contribution is -2.06. The summed E-state index contributed by atoms with van der Waals surface area (Å²) in [6.07, 6.45) is 6.38. The molecule has 0 atom stereocenters. The van der Waals surface area contributed by atoms with Crippen molar-refractivity contribution >= 4 is 11.0 Å². The van der Waals surface area contributed by atoms with Crippen LogP contribution in [0.5, 0.6) is 0 Å². The highest BCUT2D eigenvalue weighted by Gasteiger charge is 2.10. The number of hydrogen-bond donors (Lipinski definition) is 0. The number of hydrogen-bond acceptors (Lipinski definition) is 1. The predicted molar refractivity (Wildman–Crippen MR) is 67.1 cm³/mol. The highest BCUT2D eigenvalue weighted by Crippen LogP contribution is 2.17. The summed E-state index contributed by atoms with van der Waals surface area (Å²) in [5.74, 6) is 4.38. The molecule has 0 saturated carbocycles. The quantitative estimate of drug-likeness (QED) is 0.715. The van der Waals surface area contributed by atoms with Gasteiger partial charge < -0.3 is 4.57 Å². The molecule has 82 valence electrons. The van der Waals surface area contributed by atoms with Crippen LogP contribution >= 0.6 is 0 Å². The van der Waals surface area contributed by atoms with Gasteiger partial charge in [0.05, 0.1) is 17.6 Å². The maximum Gasteiger partial charge on any atom is 0.110 e. The molecule has 0 spiro atoms. The van der Waals surface area contributed by atoms with Crippen LogP contribution < -0.4 is 0 Å². The molecule has 2 aromatic rings. The summed E-state index contributed by atoms with van der Waals surface area (Å²) >= 11 is 0. The molecule has 2 heteroatoms. The molecule has 0 saturated heterocycles. The molecule has 0 unspecified atom stereocenters. The van der Waals surface area contributed by atoms with Crippen molar-refractivity contribution in [3.63, 3.8) is 0 Å². The first kappa shape index (κ1) is 10.8. The summed E-state index contributed by atoms with van der Waals surface area (Å²) in [6, 6.07) is 8.14. The van der Waals surface area contributed by atoms with Crippen molar-refractivity contribution in [2.75, 3.05) is 0 Å². The number of para-hydroxylation sites is 2. The fourth-order valence-corrected chi connectivity index (χ4v) is 1.91. The average molecular weight is 212 g/mol. The highest BCUT2D eigenvalue weighted by molar-refractivity contribution is 5.76. The summed E-state index contributed by atoms with van der Waals surface area (Å²) in [4.78, 5) is 4.64. The average Bonchev–Trinajstić information content (AvgIpc) is 2.57. The molecule has 2 rings (SSSR count). The van der Waals surface area contributed by atoms with Gasteiger partial charge in [0.2, 0.25) is 0 Å². The molecule has 0 aliphatic rings. The number of nitrogens with zero attached hydrogens (tertiary/aromatic N) is 2. The molecule has 2 nitrogen and oxygen atoms in total. The first-order valence-electron chi connectivity index (χ1n) is 5.60.